The van der Waals surface area contributed by atoms with Crippen LogP contribution in [-0.4, -0.2) is 30.2 Å². The molecule has 1 aromatic rings. The van der Waals surface area contributed by atoms with Crippen LogP contribution < -0.4 is 10.7 Å². The van der Waals surface area contributed by atoms with Crippen molar-refractivity contribution in [2.75, 3.05) is 7.05 Å². The first-order valence-corrected chi connectivity index (χ1v) is 4.48. The number of nitrogens with zero attached hydrogens (tertiary/aromatic N) is 1. The Morgan fingerprint density at radius 3 is 2.62 bits per heavy atom. The molecule has 0 aliphatic heterocycles. The Hall–Kier alpha value is -2.37. The third-order valence-corrected chi connectivity index (χ3v) is 1.74. The molecule has 0 aliphatic carbocycles. The first-order chi connectivity index (χ1) is 7.65. The van der Waals surface area contributed by atoms with Gasteiger partial charge in [-0.1, -0.05) is 12.1 Å². The number of phenolic OH excluding ortho intramolecular Hbond substituents is 1. The third kappa shape index (κ3) is 3.09. The van der Waals surface area contributed by atoms with Gasteiger partial charge >= 0.3 is 11.8 Å². The summed E-state index contributed by atoms with van der Waals surface area (Å²) in [4.78, 5) is 21.7. The highest BCUT2D eigenvalue weighted by molar-refractivity contribution is 6.34. The fourth-order valence-corrected chi connectivity index (χ4v) is 0.921. The van der Waals surface area contributed by atoms with E-state index in [1.807, 2.05) is 5.43 Å². The molecular weight excluding hydrogens is 210 g/mol. The summed E-state index contributed by atoms with van der Waals surface area (Å²) in [7, 11) is 1.34. The summed E-state index contributed by atoms with van der Waals surface area (Å²) in [5.41, 5.74) is 2.46. The van der Waals surface area contributed by atoms with Gasteiger partial charge in [0.1, 0.15) is 5.75 Å². The highest BCUT2D eigenvalue weighted by Gasteiger charge is 2.08. The van der Waals surface area contributed by atoms with Gasteiger partial charge in [0.25, 0.3) is 0 Å². The molecule has 16 heavy (non-hydrogen) atoms. The molecule has 0 aliphatic rings. The predicted molar refractivity (Wildman–Crippen MR) is 57.9 cm³/mol. The number of aromatic hydroxyl groups is 1. The number of likely N-dealkylation sites (N-methyl/N-ethyl adjacent to an activating group) is 1. The Morgan fingerprint density at radius 1 is 1.31 bits per heavy atom. The van der Waals surface area contributed by atoms with E-state index in [0.717, 1.165) is 0 Å². The number of rotatable bonds is 2. The first kappa shape index (κ1) is 11.7. The molecular formula is C10H11N3O3. The van der Waals surface area contributed by atoms with Gasteiger partial charge in [-0.2, -0.15) is 5.10 Å². The van der Waals surface area contributed by atoms with Gasteiger partial charge in [-0.25, -0.2) is 5.43 Å². The minimum Gasteiger partial charge on any atom is -0.507 e. The van der Waals surface area contributed by atoms with Crippen molar-refractivity contribution in [2.45, 2.75) is 0 Å². The fourth-order valence-electron chi connectivity index (χ4n) is 0.921. The van der Waals surface area contributed by atoms with Crippen molar-refractivity contribution in [1.82, 2.24) is 10.7 Å². The summed E-state index contributed by atoms with van der Waals surface area (Å²) in [6.07, 6.45) is 1.25. The lowest BCUT2D eigenvalue weighted by Crippen LogP contribution is -2.35. The SMILES string of the molecule is CNC(=O)C(=O)N/N=C/c1ccccc1O. The van der Waals surface area contributed by atoms with Crippen LogP contribution in [0.2, 0.25) is 0 Å². The maximum atomic E-state index is 10.9. The lowest BCUT2D eigenvalue weighted by atomic mass is 10.2. The van der Waals surface area contributed by atoms with Crippen LogP contribution in [0.4, 0.5) is 0 Å². The molecule has 0 saturated heterocycles. The van der Waals surface area contributed by atoms with E-state index in [1.54, 1.807) is 18.2 Å². The Kier molecular flexibility index (Phi) is 4.02. The van der Waals surface area contributed by atoms with E-state index in [2.05, 4.69) is 10.4 Å². The molecule has 1 rings (SSSR count). The van der Waals surface area contributed by atoms with E-state index >= 15 is 0 Å². The van der Waals surface area contributed by atoms with Crippen LogP contribution in [0.1, 0.15) is 5.56 Å². The van der Waals surface area contributed by atoms with E-state index in [9.17, 15) is 14.7 Å². The number of amides is 2. The number of carbonyl (C=O) groups excluding carboxylic acids is 2. The Bertz CT molecular complexity index is 429. The zero-order valence-electron chi connectivity index (χ0n) is 8.60. The van der Waals surface area contributed by atoms with Gasteiger partial charge in [0.2, 0.25) is 0 Å². The highest BCUT2D eigenvalue weighted by Crippen LogP contribution is 2.12. The molecule has 6 nitrogen and oxygen atoms in total. The van der Waals surface area contributed by atoms with Crippen molar-refractivity contribution in [3.8, 4) is 5.75 Å². The topological polar surface area (TPSA) is 90.8 Å². The highest BCUT2D eigenvalue weighted by atomic mass is 16.3. The molecule has 0 fully saturated rings. The summed E-state index contributed by atoms with van der Waals surface area (Å²) < 4.78 is 0. The quantitative estimate of drug-likeness (QED) is 0.360. The maximum Gasteiger partial charge on any atom is 0.329 e. The predicted octanol–water partition coefficient (Wildman–Crippen LogP) is -0.412. The van der Waals surface area contributed by atoms with Gasteiger partial charge < -0.3 is 10.4 Å². The minimum atomic E-state index is -0.867. The Morgan fingerprint density at radius 2 is 2.00 bits per heavy atom. The summed E-state index contributed by atoms with van der Waals surface area (Å²) in [6, 6.07) is 6.48. The van der Waals surface area contributed by atoms with Crippen LogP contribution >= 0.6 is 0 Å². The summed E-state index contributed by atoms with van der Waals surface area (Å²) in [5, 5.41) is 15.0. The molecule has 84 valence electrons. The standard InChI is InChI=1S/C10H11N3O3/c1-11-9(15)10(16)13-12-6-7-4-2-3-5-8(7)14/h2-6,14H,1H3,(H,11,15)(H,13,16)/b12-6+. The average Bonchev–Trinajstić information content (AvgIpc) is 2.30. The van der Waals surface area contributed by atoms with Crippen LogP contribution in [0.25, 0.3) is 0 Å². The minimum absolute atomic E-state index is 0.0421. The van der Waals surface area contributed by atoms with Crippen molar-refractivity contribution in [1.29, 1.82) is 0 Å². The number of carbonyl (C=O) groups is 2. The van der Waals surface area contributed by atoms with Gasteiger partial charge in [0, 0.05) is 12.6 Å². The molecule has 0 spiro atoms. The number of phenols is 1. The van der Waals surface area contributed by atoms with Gasteiger partial charge in [0.15, 0.2) is 0 Å². The number of hydrazone groups is 1. The molecule has 0 radical (unpaired) electrons. The van der Waals surface area contributed by atoms with Gasteiger partial charge in [-0.05, 0) is 12.1 Å². The van der Waals surface area contributed by atoms with Gasteiger partial charge in [0.05, 0.1) is 6.21 Å². The van der Waals surface area contributed by atoms with Crippen LogP contribution in [-0.2, 0) is 9.59 Å². The third-order valence-electron chi connectivity index (χ3n) is 1.74. The second kappa shape index (κ2) is 5.50. The monoisotopic (exact) mass is 221 g/mol. The zero-order chi connectivity index (χ0) is 12.0. The fraction of sp³-hybridized carbons (Fsp3) is 0.100. The van der Waals surface area contributed by atoms with E-state index in [-0.39, 0.29) is 5.75 Å². The van der Waals surface area contributed by atoms with Crippen molar-refractivity contribution in [3.63, 3.8) is 0 Å². The van der Waals surface area contributed by atoms with Crippen molar-refractivity contribution < 1.29 is 14.7 Å². The maximum absolute atomic E-state index is 10.9. The molecule has 0 saturated carbocycles. The van der Waals surface area contributed by atoms with Crippen LogP contribution in [0, 0.1) is 0 Å². The van der Waals surface area contributed by atoms with Gasteiger partial charge in [-0.15, -0.1) is 0 Å². The molecule has 0 aromatic heterocycles. The molecule has 0 bridgehead atoms. The Labute approximate surface area is 92.0 Å². The molecule has 6 heteroatoms. The molecule has 0 atom stereocenters. The number of nitrogens with one attached hydrogen (secondary N) is 2. The second-order valence-electron chi connectivity index (χ2n) is 2.84. The number of hydrogen-bond acceptors (Lipinski definition) is 4. The number of hydrogen-bond donors (Lipinski definition) is 3. The normalized spacial score (nSPS) is 10.1. The van der Waals surface area contributed by atoms with Gasteiger partial charge in [-0.3, -0.25) is 9.59 Å². The van der Waals surface area contributed by atoms with E-state index < -0.39 is 11.8 Å². The number of benzene rings is 1. The first-order valence-electron chi connectivity index (χ1n) is 4.48. The van der Waals surface area contributed by atoms with Crippen LogP contribution in [0.5, 0.6) is 5.75 Å². The van der Waals surface area contributed by atoms with Crippen LogP contribution in [0.3, 0.4) is 0 Å². The van der Waals surface area contributed by atoms with Crippen molar-refractivity contribution in [3.05, 3.63) is 29.8 Å². The zero-order valence-corrected chi connectivity index (χ0v) is 8.60. The smallest absolute Gasteiger partial charge is 0.329 e. The Balaban J connectivity index is 2.59. The molecule has 0 heterocycles. The van der Waals surface area contributed by atoms with Crippen LogP contribution in [0.15, 0.2) is 29.4 Å². The summed E-state index contributed by atoms with van der Waals surface area (Å²) >= 11 is 0. The van der Waals surface area contributed by atoms with Crippen molar-refractivity contribution >= 4 is 18.0 Å². The molecule has 2 amide bonds. The number of para-hydroxylation sites is 1. The average molecular weight is 221 g/mol. The summed E-state index contributed by atoms with van der Waals surface area (Å²) in [5.74, 6) is -1.61. The lowest BCUT2D eigenvalue weighted by Gasteiger charge is -1.98. The van der Waals surface area contributed by atoms with E-state index in [4.69, 9.17) is 0 Å². The second-order valence-corrected chi connectivity index (χ2v) is 2.84. The van der Waals surface area contributed by atoms with Crippen molar-refractivity contribution in [2.24, 2.45) is 5.10 Å². The lowest BCUT2D eigenvalue weighted by molar-refractivity contribution is -0.138. The molecule has 3 N–H and O–H groups in total. The summed E-state index contributed by atoms with van der Waals surface area (Å²) in [6.45, 7) is 0. The largest absolute Gasteiger partial charge is 0.507 e. The van der Waals surface area contributed by atoms with E-state index in [0.29, 0.717) is 5.56 Å². The molecule has 1 aromatic carbocycles. The molecule has 0 unspecified atom stereocenters. The van der Waals surface area contributed by atoms with E-state index in [1.165, 1.54) is 19.3 Å².